The number of phenolic OH excluding ortho intramolecular Hbond substituents is 1. The normalized spacial score (nSPS) is 21.1. The van der Waals surface area contributed by atoms with Crippen molar-refractivity contribution in [1.82, 2.24) is 10.2 Å². The van der Waals surface area contributed by atoms with Gasteiger partial charge < -0.3 is 30.9 Å². The number of hydrogen-bond acceptors (Lipinski definition) is 8. The SMILES string of the molecule is CS(=O)(=O)c1c(O)ccc(OC[C@@H](O)CNC2CCC(c3ccc(C(=O)N4CCCC4)cc3)CC2)c1N. The molecule has 2 aliphatic rings. The second-order valence-corrected chi connectivity index (χ2v) is 12.1. The number of carbonyl (C=O) groups excluding carboxylic acids is 1. The first-order chi connectivity index (χ1) is 17.6. The Hall–Kier alpha value is -2.82. The van der Waals surface area contributed by atoms with Crippen LogP contribution in [0.5, 0.6) is 11.5 Å². The maximum absolute atomic E-state index is 12.6. The summed E-state index contributed by atoms with van der Waals surface area (Å²) in [6.45, 7) is 1.98. The maximum Gasteiger partial charge on any atom is 0.253 e. The zero-order valence-corrected chi connectivity index (χ0v) is 22.0. The van der Waals surface area contributed by atoms with E-state index in [1.165, 1.54) is 17.7 Å². The van der Waals surface area contributed by atoms with Crippen LogP contribution >= 0.6 is 0 Å². The Morgan fingerprint density at radius 3 is 2.38 bits per heavy atom. The minimum absolute atomic E-state index is 0.0664. The van der Waals surface area contributed by atoms with Gasteiger partial charge in [-0.3, -0.25) is 4.79 Å². The van der Waals surface area contributed by atoms with Gasteiger partial charge in [-0.25, -0.2) is 8.42 Å². The number of anilines is 1. The Kier molecular flexibility index (Phi) is 8.61. The van der Waals surface area contributed by atoms with Gasteiger partial charge >= 0.3 is 0 Å². The number of ether oxygens (including phenoxy) is 1. The molecule has 4 rings (SSSR count). The van der Waals surface area contributed by atoms with E-state index in [0.717, 1.165) is 63.4 Å². The van der Waals surface area contributed by atoms with Crippen LogP contribution in [0.1, 0.15) is 60.4 Å². The van der Waals surface area contributed by atoms with E-state index in [0.29, 0.717) is 12.5 Å². The number of nitrogen functional groups attached to an aromatic ring is 1. The van der Waals surface area contributed by atoms with Crippen molar-refractivity contribution in [2.45, 2.75) is 61.5 Å². The fourth-order valence-corrected chi connectivity index (χ4v) is 6.21. The smallest absolute Gasteiger partial charge is 0.253 e. The minimum atomic E-state index is -3.73. The standard InChI is InChI=1S/C27H37N3O6S/c1-37(34,35)26-23(32)12-13-24(25(26)28)36-17-22(31)16-29-21-10-8-19(9-11-21)18-4-6-20(7-5-18)27(33)30-14-2-3-15-30/h4-7,12-13,19,21-22,29,31-32H,2-3,8-11,14-17,28H2,1H3/t19?,21?,22-/m0/s1. The number of phenols is 1. The van der Waals surface area contributed by atoms with Crippen molar-refractivity contribution in [3.05, 3.63) is 47.5 Å². The molecule has 1 aliphatic carbocycles. The molecule has 0 aromatic heterocycles. The highest BCUT2D eigenvalue weighted by atomic mass is 32.2. The van der Waals surface area contributed by atoms with Gasteiger partial charge in [0.05, 0.1) is 5.69 Å². The quantitative estimate of drug-likeness (QED) is 0.362. The third-order valence-corrected chi connectivity index (χ3v) is 8.50. The van der Waals surface area contributed by atoms with Gasteiger partial charge in [-0.2, -0.15) is 0 Å². The molecule has 2 fully saturated rings. The minimum Gasteiger partial charge on any atom is -0.507 e. The lowest BCUT2D eigenvalue weighted by molar-refractivity contribution is 0.0792. The first-order valence-corrected chi connectivity index (χ1v) is 14.8. The van der Waals surface area contributed by atoms with E-state index in [4.69, 9.17) is 10.5 Å². The number of benzene rings is 2. The van der Waals surface area contributed by atoms with Crippen LogP contribution in [0.15, 0.2) is 41.3 Å². The predicted molar refractivity (Wildman–Crippen MR) is 142 cm³/mol. The van der Waals surface area contributed by atoms with Gasteiger partial charge in [-0.1, -0.05) is 12.1 Å². The number of nitrogens with two attached hydrogens (primary N) is 1. The lowest BCUT2D eigenvalue weighted by Gasteiger charge is -2.30. The average molecular weight is 532 g/mol. The van der Waals surface area contributed by atoms with Crippen molar-refractivity contribution in [2.24, 2.45) is 0 Å². The first-order valence-electron chi connectivity index (χ1n) is 12.9. The number of carbonyl (C=O) groups is 1. The number of sulfone groups is 1. The Morgan fingerprint density at radius 2 is 1.76 bits per heavy atom. The first kappa shape index (κ1) is 27.2. The fraction of sp³-hybridized carbons (Fsp3) is 0.519. The van der Waals surface area contributed by atoms with Crippen molar-refractivity contribution in [3.63, 3.8) is 0 Å². The summed E-state index contributed by atoms with van der Waals surface area (Å²) in [5.74, 6) is 0.259. The summed E-state index contributed by atoms with van der Waals surface area (Å²) >= 11 is 0. The van der Waals surface area contributed by atoms with Crippen molar-refractivity contribution < 1.29 is 28.2 Å². The molecule has 0 spiro atoms. The number of aliphatic hydroxyl groups is 1. The summed E-state index contributed by atoms with van der Waals surface area (Å²) in [6, 6.07) is 11.0. The third kappa shape index (κ3) is 6.74. The molecule has 1 aliphatic heterocycles. The summed E-state index contributed by atoms with van der Waals surface area (Å²) < 4.78 is 29.3. The molecular weight excluding hydrogens is 494 g/mol. The molecule has 9 nitrogen and oxygen atoms in total. The highest BCUT2D eigenvalue weighted by Crippen LogP contribution is 2.36. The van der Waals surface area contributed by atoms with Crippen LogP contribution in [-0.2, 0) is 9.84 Å². The molecule has 1 atom stereocenters. The molecule has 1 saturated carbocycles. The second-order valence-electron chi connectivity index (χ2n) is 10.1. The number of aromatic hydroxyl groups is 1. The molecule has 202 valence electrons. The molecule has 2 aromatic carbocycles. The lowest BCUT2D eigenvalue weighted by Crippen LogP contribution is -2.39. The summed E-state index contributed by atoms with van der Waals surface area (Å²) in [5, 5.41) is 23.6. The van der Waals surface area contributed by atoms with E-state index in [1.54, 1.807) is 0 Å². The Bertz CT molecular complexity index is 1190. The van der Waals surface area contributed by atoms with E-state index in [-0.39, 0.29) is 34.9 Å². The molecule has 10 heteroatoms. The molecule has 2 aromatic rings. The summed E-state index contributed by atoms with van der Waals surface area (Å²) in [5.41, 5.74) is 7.74. The van der Waals surface area contributed by atoms with Gasteiger partial charge in [0.15, 0.2) is 9.84 Å². The van der Waals surface area contributed by atoms with Gasteiger partial charge in [-0.05, 0) is 74.3 Å². The molecule has 0 radical (unpaired) electrons. The van der Waals surface area contributed by atoms with Gasteiger partial charge in [0.25, 0.3) is 5.91 Å². The number of likely N-dealkylation sites (tertiary alicyclic amines) is 1. The Balaban J connectivity index is 1.21. The Labute approximate surface area is 218 Å². The van der Waals surface area contributed by atoms with E-state index < -0.39 is 21.7 Å². The van der Waals surface area contributed by atoms with E-state index in [2.05, 4.69) is 17.4 Å². The number of amides is 1. The molecule has 0 unspecified atom stereocenters. The molecule has 1 amide bonds. The number of nitrogens with one attached hydrogen (secondary N) is 1. The summed E-state index contributed by atoms with van der Waals surface area (Å²) in [4.78, 5) is 14.1. The largest absolute Gasteiger partial charge is 0.507 e. The van der Waals surface area contributed by atoms with Crippen LogP contribution in [-0.4, -0.2) is 74.1 Å². The van der Waals surface area contributed by atoms with Crippen LogP contribution in [0, 0.1) is 0 Å². The topological polar surface area (TPSA) is 142 Å². The average Bonchev–Trinajstić information content (AvgIpc) is 3.41. The van der Waals surface area contributed by atoms with Crippen molar-refractivity contribution in [1.29, 1.82) is 0 Å². The number of hydrogen-bond donors (Lipinski definition) is 4. The van der Waals surface area contributed by atoms with Crippen molar-refractivity contribution >= 4 is 21.4 Å². The van der Waals surface area contributed by atoms with Crippen LogP contribution in [0.3, 0.4) is 0 Å². The highest BCUT2D eigenvalue weighted by molar-refractivity contribution is 7.91. The third-order valence-electron chi connectivity index (χ3n) is 7.33. The zero-order valence-electron chi connectivity index (χ0n) is 21.2. The monoisotopic (exact) mass is 531 g/mol. The lowest BCUT2D eigenvalue weighted by atomic mass is 9.81. The summed E-state index contributed by atoms with van der Waals surface area (Å²) in [6.07, 6.45) is 6.35. The zero-order chi connectivity index (χ0) is 26.6. The van der Waals surface area contributed by atoms with Crippen LogP contribution in [0.2, 0.25) is 0 Å². The molecule has 1 heterocycles. The van der Waals surface area contributed by atoms with Gasteiger partial charge in [-0.15, -0.1) is 0 Å². The molecule has 5 N–H and O–H groups in total. The van der Waals surface area contributed by atoms with Gasteiger partial charge in [0.2, 0.25) is 0 Å². The van der Waals surface area contributed by atoms with E-state index >= 15 is 0 Å². The van der Waals surface area contributed by atoms with Crippen LogP contribution in [0.4, 0.5) is 5.69 Å². The highest BCUT2D eigenvalue weighted by Gasteiger charge is 2.25. The van der Waals surface area contributed by atoms with Crippen LogP contribution in [0.25, 0.3) is 0 Å². The molecule has 37 heavy (non-hydrogen) atoms. The molecule has 1 saturated heterocycles. The second kappa shape index (κ2) is 11.7. The van der Waals surface area contributed by atoms with Gasteiger partial charge in [0, 0.05) is 37.5 Å². The van der Waals surface area contributed by atoms with Gasteiger partial charge in [0.1, 0.15) is 29.1 Å². The van der Waals surface area contributed by atoms with Crippen molar-refractivity contribution in [3.8, 4) is 11.5 Å². The molecular formula is C27H37N3O6S. The van der Waals surface area contributed by atoms with Crippen molar-refractivity contribution in [2.75, 3.05) is 38.2 Å². The number of rotatable bonds is 9. The van der Waals surface area contributed by atoms with E-state index in [9.17, 15) is 23.4 Å². The predicted octanol–water partition coefficient (Wildman–Crippen LogP) is 2.67. The fourth-order valence-electron chi connectivity index (χ4n) is 5.26. The van der Waals surface area contributed by atoms with Crippen LogP contribution < -0.4 is 15.8 Å². The number of nitrogens with zero attached hydrogens (tertiary/aromatic N) is 1. The maximum atomic E-state index is 12.6. The number of aliphatic hydroxyl groups excluding tert-OH is 1. The summed E-state index contributed by atoms with van der Waals surface area (Å²) in [7, 11) is -3.73. The van der Waals surface area contributed by atoms with E-state index in [1.807, 2.05) is 17.0 Å². The molecule has 0 bridgehead atoms. The Morgan fingerprint density at radius 1 is 1.11 bits per heavy atom.